The molecule has 0 radical (unpaired) electrons. The molecule has 0 bridgehead atoms. The standard InChI is InChI=1S/C42H58N6O13S/c1-23(2)17-29(38(58)43-27(21-49)18-25-15-16-62-22-25)47-41(61)36(42(4,5)6)48-40(60)30(19-26-10-8-7-9-24(26)3)46-37(57)28(11-13-33(51)52)45-39(59)31(20-35(55)56)44-32(50)12-14-34(53)54/h7-10,15-16,21-23,27-31,36H,11-14,17-20H2,1-6H3,(H,43,58)(H,44,50)(H,45,59)(H,46,57)(H,47,61)(H,48,60)(H,51,52)(H,53,54)(H,55,56)/t27-,28-,29-,30-,31-,36+/m0/s1. The molecule has 340 valence electrons. The lowest BCUT2D eigenvalue weighted by atomic mass is 9.85. The Kier molecular flexibility index (Phi) is 20.9. The summed E-state index contributed by atoms with van der Waals surface area (Å²) < 4.78 is 0. The molecule has 62 heavy (non-hydrogen) atoms. The lowest BCUT2D eigenvalue weighted by Gasteiger charge is -2.33. The van der Waals surface area contributed by atoms with Crippen LogP contribution in [0.1, 0.15) is 89.8 Å². The van der Waals surface area contributed by atoms with Crippen LogP contribution in [0.25, 0.3) is 0 Å². The molecule has 6 amide bonds. The SMILES string of the molecule is Cc1ccccc1C[C@H](NC(=O)[C@H](CCC(=O)O)NC(=O)[C@H](CC(=O)O)NC(=O)CCC(=O)O)C(=O)N[C@H](C(=O)N[C@@H](CC(C)C)C(=O)N[C@H](C=O)Cc1ccsc1)C(C)(C)C. The van der Waals surface area contributed by atoms with Gasteiger partial charge in [0.2, 0.25) is 35.4 Å². The van der Waals surface area contributed by atoms with E-state index in [2.05, 4.69) is 31.9 Å². The monoisotopic (exact) mass is 886 g/mol. The van der Waals surface area contributed by atoms with Crippen molar-refractivity contribution in [1.82, 2.24) is 31.9 Å². The van der Waals surface area contributed by atoms with Crippen molar-refractivity contribution in [2.45, 2.75) is 129 Å². The van der Waals surface area contributed by atoms with Crippen LogP contribution in [0.3, 0.4) is 0 Å². The highest BCUT2D eigenvalue weighted by Gasteiger charge is 2.38. The van der Waals surface area contributed by atoms with Gasteiger partial charge in [0.1, 0.15) is 36.5 Å². The Morgan fingerprint density at radius 1 is 0.661 bits per heavy atom. The van der Waals surface area contributed by atoms with Gasteiger partial charge < -0.3 is 52.0 Å². The number of hydrogen-bond donors (Lipinski definition) is 9. The Morgan fingerprint density at radius 2 is 1.24 bits per heavy atom. The number of carbonyl (C=O) groups is 10. The molecule has 0 spiro atoms. The minimum atomic E-state index is -1.79. The minimum absolute atomic E-state index is 0.0869. The van der Waals surface area contributed by atoms with E-state index in [1.807, 2.05) is 30.7 Å². The van der Waals surface area contributed by atoms with E-state index in [1.54, 1.807) is 52.0 Å². The molecule has 1 heterocycles. The number of aryl methyl sites for hydroxylation is 1. The number of carbonyl (C=O) groups excluding carboxylic acids is 7. The van der Waals surface area contributed by atoms with Gasteiger partial charge in [0, 0.05) is 25.7 Å². The molecule has 1 aromatic carbocycles. The topological polar surface area (TPSA) is 304 Å². The van der Waals surface area contributed by atoms with Gasteiger partial charge >= 0.3 is 17.9 Å². The zero-order valence-corrected chi connectivity index (χ0v) is 36.5. The second-order valence-electron chi connectivity index (χ2n) is 16.4. The van der Waals surface area contributed by atoms with Crippen LogP contribution in [-0.2, 0) is 60.8 Å². The zero-order chi connectivity index (χ0) is 46.7. The van der Waals surface area contributed by atoms with Crippen molar-refractivity contribution in [3.05, 3.63) is 57.8 Å². The normalized spacial score (nSPS) is 14.1. The Balaban J connectivity index is 2.45. The third kappa shape index (κ3) is 18.6. The Morgan fingerprint density at radius 3 is 1.79 bits per heavy atom. The fourth-order valence-electron chi connectivity index (χ4n) is 6.18. The summed E-state index contributed by atoms with van der Waals surface area (Å²) in [5, 5.41) is 46.5. The van der Waals surface area contributed by atoms with Gasteiger partial charge in [-0.3, -0.25) is 43.2 Å². The Hall–Kier alpha value is -6.18. The average Bonchev–Trinajstić information content (AvgIpc) is 3.69. The first-order valence-electron chi connectivity index (χ1n) is 20.0. The number of carboxylic acid groups (broad SMARTS) is 3. The number of benzene rings is 1. The van der Waals surface area contributed by atoms with Crippen molar-refractivity contribution in [3.63, 3.8) is 0 Å². The highest BCUT2D eigenvalue weighted by molar-refractivity contribution is 7.07. The van der Waals surface area contributed by atoms with Gasteiger partial charge in [-0.25, -0.2) is 0 Å². The summed E-state index contributed by atoms with van der Waals surface area (Å²) in [6, 6.07) is 0.490. The summed E-state index contributed by atoms with van der Waals surface area (Å²) >= 11 is 1.44. The zero-order valence-electron chi connectivity index (χ0n) is 35.6. The molecule has 9 N–H and O–H groups in total. The van der Waals surface area contributed by atoms with Gasteiger partial charge in [-0.2, -0.15) is 11.3 Å². The molecule has 0 unspecified atom stereocenters. The van der Waals surface area contributed by atoms with Gasteiger partial charge in [0.25, 0.3) is 0 Å². The third-order valence-electron chi connectivity index (χ3n) is 9.48. The van der Waals surface area contributed by atoms with E-state index in [9.17, 15) is 58.2 Å². The predicted molar refractivity (Wildman–Crippen MR) is 225 cm³/mol. The number of thiophene rings is 1. The van der Waals surface area contributed by atoms with Crippen molar-refractivity contribution in [2.75, 3.05) is 0 Å². The van der Waals surface area contributed by atoms with Crippen LogP contribution < -0.4 is 31.9 Å². The van der Waals surface area contributed by atoms with Gasteiger partial charge in [0.15, 0.2) is 0 Å². The molecule has 0 fully saturated rings. The van der Waals surface area contributed by atoms with Crippen molar-refractivity contribution in [2.24, 2.45) is 11.3 Å². The molecular weight excluding hydrogens is 829 g/mol. The Bertz CT molecular complexity index is 1910. The maximum absolute atomic E-state index is 14.3. The number of nitrogens with one attached hydrogen (secondary N) is 6. The second kappa shape index (κ2) is 24.9. The van der Waals surface area contributed by atoms with E-state index in [1.165, 1.54) is 11.3 Å². The summed E-state index contributed by atoms with van der Waals surface area (Å²) in [5.41, 5.74) is 1.18. The van der Waals surface area contributed by atoms with Crippen LogP contribution in [0.15, 0.2) is 41.1 Å². The molecule has 0 aliphatic heterocycles. The lowest BCUT2D eigenvalue weighted by Crippen LogP contribution is -2.62. The predicted octanol–water partition coefficient (Wildman–Crippen LogP) is 1.25. The number of amides is 6. The molecule has 0 saturated carbocycles. The van der Waals surface area contributed by atoms with Crippen molar-refractivity contribution < 1.29 is 63.3 Å². The molecular formula is C42H58N6O13S. The van der Waals surface area contributed by atoms with E-state index in [0.29, 0.717) is 11.8 Å². The smallest absolute Gasteiger partial charge is 0.305 e. The first-order valence-corrected chi connectivity index (χ1v) is 20.9. The molecule has 19 nitrogen and oxygen atoms in total. The lowest BCUT2D eigenvalue weighted by molar-refractivity contribution is -0.142. The average molecular weight is 887 g/mol. The molecule has 20 heteroatoms. The molecule has 0 aliphatic carbocycles. The molecule has 2 rings (SSSR count). The van der Waals surface area contributed by atoms with Crippen LogP contribution in [0, 0.1) is 18.3 Å². The van der Waals surface area contributed by atoms with E-state index < -0.39 is 127 Å². The first kappa shape index (κ1) is 52.0. The fraction of sp³-hybridized carbons (Fsp3) is 0.524. The summed E-state index contributed by atoms with van der Waals surface area (Å²) in [5.74, 6) is -9.74. The fourth-order valence-corrected chi connectivity index (χ4v) is 6.86. The maximum atomic E-state index is 14.3. The van der Waals surface area contributed by atoms with Crippen LogP contribution >= 0.6 is 11.3 Å². The van der Waals surface area contributed by atoms with Gasteiger partial charge in [0.05, 0.1) is 18.9 Å². The summed E-state index contributed by atoms with van der Waals surface area (Å²) in [7, 11) is 0. The number of hydrogen-bond acceptors (Lipinski definition) is 11. The number of carboxylic acids is 3. The molecule has 6 atom stereocenters. The third-order valence-corrected chi connectivity index (χ3v) is 10.2. The molecule has 0 aliphatic rings. The van der Waals surface area contributed by atoms with Crippen molar-refractivity contribution >= 4 is 71.0 Å². The highest BCUT2D eigenvalue weighted by Crippen LogP contribution is 2.21. The van der Waals surface area contributed by atoms with Crippen molar-refractivity contribution in [3.8, 4) is 0 Å². The van der Waals surface area contributed by atoms with Crippen LogP contribution in [-0.4, -0.2) is 111 Å². The number of aliphatic carboxylic acids is 3. The van der Waals surface area contributed by atoms with E-state index in [0.717, 1.165) is 11.1 Å². The first-order chi connectivity index (χ1) is 29.0. The van der Waals surface area contributed by atoms with E-state index in [-0.39, 0.29) is 25.2 Å². The van der Waals surface area contributed by atoms with Crippen LogP contribution in [0.4, 0.5) is 0 Å². The van der Waals surface area contributed by atoms with E-state index >= 15 is 0 Å². The van der Waals surface area contributed by atoms with Gasteiger partial charge in [-0.15, -0.1) is 0 Å². The number of rotatable bonds is 26. The maximum Gasteiger partial charge on any atom is 0.305 e. The van der Waals surface area contributed by atoms with E-state index in [4.69, 9.17) is 5.11 Å². The van der Waals surface area contributed by atoms with Crippen LogP contribution in [0.5, 0.6) is 0 Å². The summed E-state index contributed by atoms with van der Waals surface area (Å²) in [6.07, 6.45) is -2.51. The Labute approximate surface area is 363 Å². The van der Waals surface area contributed by atoms with Gasteiger partial charge in [-0.05, 0) is 64.6 Å². The largest absolute Gasteiger partial charge is 0.481 e. The minimum Gasteiger partial charge on any atom is -0.481 e. The quantitative estimate of drug-likeness (QED) is 0.0602. The van der Waals surface area contributed by atoms with Crippen molar-refractivity contribution in [1.29, 1.82) is 0 Å². The summed E-state index contributed by atoms with van der Waals surface area (Å²) in [6.45, 7) is 10.4. The van der Waals surface area contributed by atoms with Gasteiger partial charge in [-0.1, -0.05) is 58.9 Å². The second-order valence-corrected chi connectivity index (χ2v) is 17.2. The van der Waals surface area contributed by atoms with Crippen LogP contribution in [0.2, 0.25) is 0 Å². The molecule has 1 aromatic heterocycles. The summed E-state index contributed by atoms with van der Waals surface area (Å²) in [4.78, 5) is 128. The number of aldehydes is 1. The molecule has 0 saturated heterocycles. The molecule has 2 aromatic rings. The highest BCUT2D eigenvalue weighted by atomic mass is 32.1.